The first-order valence-electron chi connectivity index (χ1n) is 6.37. The van der Waals surface area contributed by atoms with Crippen molar-refractivity contribution >= 4 is 46.3 Å². The summed E-state index contributed by atoms with van der Waals surface area (Å²) < 4.78 is 0.188. The number of benzene rings is 1. The molecule has 0 saturated carbocycles. The summed E-state index contributed by atoms with van der Waals surface area (Å²) in [6.07, 6.45) is 1.74. The molecule has 0 bridgehead atoms. The van der Waals surface area contributed by atoms with Crippen LogP contribution >= 0.6 is 24.0 Å². The zero-order chi connectivity index (χ0) is 16.4. The first kappa shape index (κ1) is 16.3. The van der Waals surface area contributed by atoms with Crippen molar-refractivity contribution in [1.29, 1.82) is 0 Å². The highest BCUT2D eigenvalue weighted by molar-refractivity contribution is 8.26. The van der Waals surface area contributed by atoms with Crippen molar-refractivity contribution in [1.82, 2.24) is 4.90 Å². The average Bonchev–Trinajstić information content (AvgIpc) is 2.71. The van der Waals surface area contributed by atoms with Gasteiger partial charge in [-0.3, -0.25) is 9.69 Å². The lowest BCUT2D eigenvalue weighted by Crippen LogP contribution is -2.43. The number of aromatic hydroxyl groups is 2. The lowest BCUT2D eigenvalue weighted by atomic mass is 10.1. The monoisotopic (exact) mass is 339 g/mol. The van der Waals surface area contributed by atoms with Crippen LogP contribution in [0.3, 0.4) is 0 Å². The van der Waals surface area contributed by atoms with E-state index in [1.54, 1.807) is 6.92 Å². The van der Waals surface area contributed by atoms with Crippen molar-refractivity contribution in [3.63, 3.8) is 0 Å². The van der Waals surface area contributed by atoms with Crippen LogP contribution in [0.15, 0.2) is 23.1 Å². The first-order valence-corrected chi connectivity index (χ1v) is 7.59. The van der Waals surface area contributed by atoms with Gasteiger partial charge in [-0.05, 0) is 30.2 Å². The Labute approximate surface area is 136 Å². The molecule has 1 unspecified atom stereocenters. The smallest absolute Gasteiger partial charge is 0.326 e. The van der Waals surface area contributed by atoms with E-state index in [4.69, 9.17) is 17.3 Å². The highest BCUT2D eigenvalue weighted by Gasteiger charge is 2.39. The normalized spacial score (nSPS) is 18.0. The maximum Gasteiger partial charge on any atom is 0.326 e. The van der Waals surface area contributed by atoms with Crippen molar-refractivity contribution in [2.75, 3.05) is 0 Å². The van der Waals surface area contributed by atoms with Gasteiger partial charge in [0.05, 0.1) is 4.91 Å². The molecule has 2 rings (SSSR count). The number of nitrogens with zero attached hydrogens (tertiary/aromatic N) is 1. The second-order valence-corrected chi connectivity index (χ2v) is 6.24. The highest BCUT2D eigenvalue weighted by Crippen LogP contribution is 2.35. The predicted molar refractivity (Wildman–Crippen MR) is 86.5 cm³/mol. The van der Waals surface area contributed by atoms with Crippen LogP contribution in [0.1, 0.15) is 18.9 Å². The van der Waals surface area contributed by atoms with Crippen LogP contribution in [-0.4, -0.2) is 42.5 Å². The molecule has 0 aliphatic carbocycles. The summed E-state index contributed by atoms with van der Waals surface area (Å²) in [7, 11) is 0. The lowest BCUT2D eigenvalue weighted by Gasteiger charge is -2.21. The van der Waals surface area contributed by atoms with Gasteiger partial charge in [0, 0.05) is 0 Å². The minimum Gasteiger partial charge on any atom is -0.504 e. The number of phenolic OH excluding ortho intramolecular Hbond substituents is 2. The predicted octanol–water partition coefficient (Wildman–Crippen LogP) is 2.16. The summed E-state index contributed by atoms with van der Waals surface area (Å²) in [6.45, 7) is 1.67. The molecule has 1 aromatic rings. The van der Waals surface area contributed by atoms with Gasteiger partial charge < -0.3 is 15.3 Å². The van der Waals surface area contributed by atoms with Gasteiger partial charge in [-0.25, -0.2) is 4.79 Å². The number of rotatable bonds is 4. The fraction of sp³-hybridized carbons (Fsp3) is 0.214. The lowest BCUT2D eigenvalue weighted by molar-refractivity contribution is -0.145. The van der Waals surface area contributed by atoms with Gasteiger partial charge in [-0.1, -0.05) is 37.0 Å². The molecule has 1 amide bonds. The Kier molecular flexibility index (Phi) is 4.72. The number of amides is 1. The molecule has 1 fully saturated rings. The van der Waals surface area contributed by atoms with Gasteiger partial charge in [0.15, 0.2) is 11.5 Å². The molecular weight excluding hydrogens is 326 g/mol. The zero-order valence-electron chi connectivity index (χ0n) is 11.5. The van der Waals surface area contributed by atoms with Crippen LogP contribution < -0.4 is 0 Å². The van der Waals surface area contributed by atoms with E-state index in [1.807, 2.05) is 0 Å². The largest absolute Gasteiger partial charge is 0.504 e. The van der Waals surface area contributed by atoms with E-state index in [-0.39, 0.29) is 27.1 Å². The third-order valence-corrected chi connectivity index (χ3v) is 4.43. The third kappa shape index (κ3) is 3.07. The van der Waals surface area contributed by atoms with Crippen LogP contribution in [0.4, 0.5) is 0 Å². The van der Waals surface area contributed by atoms with Gasteiger partial charge in [0.2, 0.25) is 0 Å². The zero-order valence-corrected chi connectivity index (χ0v) is 13.1. The maximum absolute atomic E-state index is 12.4. The summed E-state index contributed by atoms with van der Waals surface area (Å²) in [5, 5.41) is 27.9. The Morgan fingerprint density at radius 2 is 2.09 bits per heavy atom. The standard InChI is InChI=1S/C14H13NO5S2/c1-2-8(13(19)20)15-12(18)11(22-14(15)21)6-7-3-4-9(16)10(17)5-7/h3-6,8,16-17H,2H2,1H3,(H,19,20)/b11-6-. The molecule has 1 heterocycles. The first-order chi connectivity index (χ1) is 10.3. The molecule has 22 heavy (non-hydrogen) atoms. The van der Waals surface area contributed by atoms with Crippen molar-refractivity contribution in [2.24, 2.45) is 0 Å². The van der Waals surface area contributed by atoms with Crippen LogP contribution in [0.2, 0.25) is 0 Å². The number of carboxylic acid groups (broad SMARTS) is 1. The van der Waals surface area contributed by atoms with E-state index in [0.717, 1.165) is 16.7 Å². The van der Waals surface area contributed by atoms with E-state index in [1.165, 1.54) is 24.3 Å². The highest BCUT2D eigenvalue weighted by atomic mass is 32.2. The summed E-state index contributed by atoms with van der Waals surface area (Å²) in [5.41, 5.74) is 0.499. The fourth-order valence-electron chi connectivity index (χ4n) is 2.00. The average molecular weight is 339 g/mol. The van der Waals surface area contributed by atoms with Crippen LogP contribution in [0.25, 0.3) is 6.08 Å². The van der Waals surface area contributed by atoms with Crippen LogP contribution in [-0.2, 0) is 9.59 Å². The van der Waals surface area contributed by atoms with Gasteiger partial charge in [0.1, 0.15) is 10.4 Å². The Hall–Kier alpha value is -2.06. The molecule has 8 heteroatoms. The quantitative estimate of drug-likeness (QED) is 0.439. The Bertz CT molecular complexity index is 686. The van der Waals surface area contributed by atoms with Gasteiger partial charge in [-0.2, -0.15) is 0 Å². The van der Waals surface area contributed by atoms with Crippen molar-refractivity contribution < 1.29 is 24.9 Å². The molecule has 1 aliphatic heterocycles. The van der Waals surface area contributed by atoms with Gasteiger partial charge in [-0.15, -0.1) is 0 Å². The van der Waals surface area contributed by atoms with Crippen LogP contribution in [0.5, 0.6) is 11.5 Å². The number of thiocarbonyl (C=S) groups is 1. The number of hydrogen-bond acceptors (Lipinski definition) is 6. The number of carbonyl (C=O) groups excluding carboxylic acids is 1. The number of aliphatic carboxylic acids is 1. The van der Waals surface area contributed by atoms with Crippen LogP contribution in [0, 0.1) is 0 Å². The second-order valence-electron chi connectivity index (χ2n) is 4.56. The number of carboxylic acids is 1. The molecule has 3 N–H and O–H groups in total. The molecule has 0 radical (unpaired) electrons. The maximum atomic E-state index is 12.4. The Morgan fingerprint density at radius 1 is 1.41 bits per heavy atom. The number of phenols is 2. The van der Waals surface area contributed by atoms with E-state index in [0.29, 0.717) is 5.56 Å². The molecule has 6 nitrogen and oxygen atoms in total. The number of hydrogen-bond donors (Lipinski definition) is 3. The van der Waals surface area contributed by atoms with E-state index < -0.39 is 17.9 Å². The molecular formula is C14H13NO5S2. The van der Waals surface area contributed by atoms with Gasteiger partial charge >= 0.3 is 5.97 Å². The number of carbonyl (C=O) groups is 2. The molecule has 0 spiro atoms. The molecule has 1 aliphatic rings. The van der Waals surface area contributed by atoms with Crippen molar-refractivity contribution in [2.45, 2.75) is 19.4 Å². The van der Waals surface area contributed by atoms with Crippen molar-refractivity contribution in [3.05, 3.63) is 28.7 Å². The summed E-state index contributed by atoms with van der Waals surface area (Å²) >= 11 is 6.10. The molecule has 1 aromatic carbocycles. The summed E-state index contributed by atoms with van der Waals surface area (Å²) in [5.74, 6) is -2.15. The summed E-state index contributed by atoms with van der Waals surface area (Å²) in [4.78, 5) is 24.9. The molecule has 116 valence electrons. The second kappa shape index (κ2) is 6.37. The fourth-order valence-corrected chi connectivity index (χ4v) is 3.35. The Morgan fingerprint density at radius 3 is 2.64 bits per heavy atom. The SMILES string of the molecule is CCC(C(=O)O)N1C(=O)/C(=C/c2ccc(O)c(O)c2)SC1=S. The molecule has 1 atom stereocenters. The summed E-state index contributed by atoms with van der Waals surface area (Å²) in [6, 6.07) is 3.13. The van der Waals surface area contributed by atoms with Gasteiger partial charge in [0.25, 0.3) is 5.91 Å². The topological polar surface area (TPSA) is 98.1 Å². The van der Waals surface area contributed by atoms with Crippen molar-refractivity contribution in [3.8, 4) is 11.5 Å². The minimum atomic E-state index is -1.11. The minimum absolute atomic E-state index is 0.188. The molecule has 1 saturated heterocycles. The number of thioether (sulfide) groups is 1. The molecule has 0 aromatic heterocycles. The van der Waals surface area contributed by atoms with E-state index in [2.05, 4.69) is 0 Å². The third-order valence-electron chi connectivity index (χ3n) is 3.10. The van der Waals surface area contributed by atoms with E-state index >= 15 is 0 Å². The Balaban J connectivity index is 2.33. The van der Waals surface area contributed by atoms with E-state index in [9.17, 15) is 19.8 Å².